The van der Waals surface area contributed by atoms with Crippen LogP contribution in [0.1, 0.15) is 56.1 Å². The molecule has 0 aromatic carbocycles. The van der Waals surface area contributed by atoms with Gasteiger partial charge in [-0.25, -0.2) is 4.98 Å². The summed E-state index contributed by atoms with van der Waals surface area (Å²) in [5, 5.41) is 2.80. The van der Waals surface area contributed by atoms with Crippen LogP contribution in [0.15, 0.2) is 12.1 Å². The third kappa shape index (κ3) is 3.95. The second kappa shape index (κ2) is 7.88. The minimum absolute atomic E-state index is 0.106. The minimum atomic E-state index is -0.106. The van der Waals surface area contributed by atoms with Crippen molar-refractivity contribution in [3.8, 4) is 0 Å². The van der Waals surface area contributed by atoms with Crippen LogP contribution in [0, 0.1) is 6.92 Å². The third-order valence-corrected chi connectivity index (χ3v) is 3.62. The van der Waals surface area contributed by atoms with E-state index in [4.69, 9.17) is 0 Å². The first-order chi connectivity index (χ1) is 9.54. The zero-order chi connectivity index (χ0) is 15.1. The first-order valence-corrected chi connectivity index (χ1v) is 7.53. The average molecular weight is 277 g/mol. The van der Waals surface area contributed by atoms with Gasteiger partial charge in [0.1, 0.15) is 11.5 Å². The highest BCUT2D eigenvalue weighted by Crippen LogP contribution is 2.21. The van der Waals surface area contributed by atoms with E-state index in [-0.39, 0.29) is 5.91 Å². The summed E-state index contributed by atoms with van der Waals surface area (Å²) in [7, 11) is 2.07. The van der Waals surface area contributed by atoms with Crippen LogP contribution < -0.4 is 10.2 Å². The maximum Gasteiger partial charge on any atom is 0.269 e. The van der Waals surface area contributed by atoms with Gasteiger partial charge in [0.25, 0.3) is 5.91 Å². The van der Waals surface area contributed by atoms with E-state index in [0.717, 1.165) is 30.6 Å². The molecule has 0 aliphatic heterocycles. The van der Waals surface area contributed by atoms with E-state index >= 15 is 0 Å². The number of aromatic nitrogens is 1. The molecule has 4 nitrogen and oxygen atoms in total. The molecule has 1 amide bonds. The standard InChI is InChI=1S/C16H27N3O/c1-6-9-13(7-2)19(5)15-12(4)10-11-14(18-15)16(20)17-8-3/h10-11,13H,6-9H2,1-5H3,(H,17,20). The molecule has 1 rings (SSSR count). The molecular formula is C16H27N3O. The summed E-state index contributed by atoms with van der Waals surface area (Å²) in [6.07, 6.45) is 3.37. The summed E-state index contributed by atoms with van der Waals surface area (Å²) in [5.41, 5.74) is 1.60. The highest BCUT2D eigenvalue weighted by atomic mass is 16.1. The predicted octanol–water partition coefficient (Wildman–Crippen LogP) is 3.15. The zero-order valence-electron chi connectivity index (χ0n) is 13.4. The predicted molar refractivity (Wildman–Crippen MR) is 84.4 cm³/mol. The van der Waals surface area contributed by atoms with E-state index in [1.807, 2.05) is 19.9 Å². The molecule has 112 valence electrons. The molecule has 0 bridgehead atoms. The lowest BCUT2D eigenvalue weighted by Crippen LogP contribution is -2.33. The molecule has 0 saturated heterocycles. The summed E-state index contributed by atoms with van der Waals surface area (Å²) < 4.78 is 0. The molecule has 1 aromatic heterocycles. The van der Waals surface area contributed by atoms with Crippen molar-refractivity contribution in [3.05, 3.63) is 23.4 Å². The molecular weight excluding hydrogens is 250 g/mol. The summed E-state index contributed by atoms with van der Waals surface area (Å²) in [6.45, 7) is 8.96. The molecule has 0 saturated carbocycles. The fourth-order valence-electron chi connectivity index (χ4n) is 2.43. The molecule has 1 unspecified atom stereocenters. The number of nitrogens with zero attached hydrogens (tertiary/aromatic N) is 2. The zero-order valence-corrected chi connectivity index (χ0v) is 13.4. The fourth-order valence-corrected chi connectivity index (χ4v) is 2.43. The van der Waals surface area contributed by atoms with Gasteiger partial charge in [-0.1, -0.05) is 26.3 Å². The lowest BCUT2D eigenvalue weighted by molar-refractivity contribution is 0.0951. The monoisotopic (exact) mass is 277 g/mol. The number of anilines is 1. The van der Waals surface area contributed by atoms with Crippen molar-refractivity contribution < 1.29 is 4.79 Å². The van der Waals surface area contributed by atoms with Gasteiger partial charge in [-0.2, -0.15) is 0 Å². The Labute approximate surface area is 122 Å². The van der Waals surface area contributed by atoms with Crippen LogP contribution in [0.5, 0.6) is 0 Å². The second-order valence-electron chi connectivity index (χ2n) is 5.16. The maximum atomic E-state index is 11.9. The summed E-state index contributed by atoms with van der Waals surface area (Å²) in [5.74, 6) is 0.805. The van der Waals surface area contributed by atoms with Gasteiger partial charge in [0, 0.05) is 19.6 Å². The molecule has 1 atom stereocenters. The number of amides is 1. The number of carbonyl (C=O) groups is 1. The summed E-state index contributed by atoms with van der Waals surface area (Å²) in [6, 6.07) is 4.23. The molecule has 20 heavy (non-hydrogen) atoms. The quantitative estimate of drug-likeness (QED) is 0.832. The largest absolute Gasteiger partial charge is 0.356 e. The normalized spacial score (nSPS) is 12.1. The molecule has 0 spiro atoms. The Morgan fingerprint density at radius 1 is 1.35 bits per heavy atom. The van der Waals surface area contributed by atoms with Crippen molar-refractivity contribution >= 4 is 11.7 Å². The number of hydrogen-bond donors (Lipinski definition) is 1. The van der Waals surface area contributed by atoms with Crippen LogP contribution in [0.25, 0.3) is 0 Å². The van der Waals surface area contributed by atoms with Crippen LogP contribution in [0.3, 0.4) is 0 Å². The van der Waals surface area contributed by atoms with Gasteiger partial charge in [0.15, 0.2) is 0 Å². The first kappa shape index (κ1) is 16.5. The van der Waals surface area contributed by atoms with Crippen molar-refractivity contribution in [1.29, 1.82) is 0 Å². The minimum Gasteiger partial charge on any atom is -0.356 e. The van der Waals surface area contributed by atoms with Crippen molar-refractivity contribution in [1.82, 2.24) is 10.3 Å². The summed E-state index contributed by atoms with van der Waals surface area (Å²) in [4.78, 5) is 18.7. The van der Waals surface area contributed by atoms with E-state index in [9.17, 15) is 4.79 Å². The first-order valence-electron chi connectivity index (χ1n) is 7.53. The number of aryl methyl sites for hydroxylation is 1. The Kier molecular flexibility index (Phi) is 6.49. The van der Waals surface area contributed by atoms with Crippen LogP contribution >= 0.6 is 0 Å². The van der Waals surface area contributed by atoms with Crippen LogP contribution in [0.4, 0.5) is 5.82 Å². The SMILES string of the molecule is CCCC(CC)N(C)c1nc(C(=O)NCC)ccc1C. The highest BCUT2D eigenvalue weighted by Gasteiger charge is 2.17. The van der Waals surface area contributed by atoms with E-state index < -0.39 is 0 Å². The molecule has 0 radical (unpaired) electrons. The van der Waals surface area contributed by atoms with Crippen LogP contribution in [-0.2, 0) is 0 Å². The Hall–Kier alpha value is -1.58. The molecule has 4 heteroatoms. The average Bonchev–Trinajstić information content (AvgIpc) is 2.44. The van der Waals surface area contributed by atoms with Crippen LogP contribution in [0.2, 0.25) is 0 Å². The fraction of sp³-hybridized carbons (Fsp3) is 0.625. The van der Waals surface area contributed by atoms with E-state index in [1.165, 1.54) is 0 Å². The topological polar surface area (TPSA) is 45.2 Å². The molecule has 0 aliphatic rings. The van der Waals surface area contributed by atoms with Gasteiger partial charge < -0.3 is 10.2 Å². The van der Waals surface area contributed by atoms with Crippen molar-refractivity contribution in [3.63, 3.8) is 0 Å². The van der Waals surface area contributed by atoms with Gasteiger partial charge in [-0.15, -0.1) is 0 Å². The van der Waals surface area contributed by atoms with Crippen LogP contribution in [-0.4, -0.2) is 30.5 Å². The number of carbonyl (C=O) groups excluding carboxylic acids is 1. The van der Waals surface area contributed by atoms with Gasteiger partial charge in [0.2, 0.25) is 0 Å². The van der Waals surface area contributed by atoms with Gasteiger partial charge in [-0.05, 0) is 38.3 Å². The highest BCUT2D eigenvalue weighted by molar-refractivity contribution is 5.92. The Morgan fingerprint density at radius 3 is 2.60 bits per heavy atom. The van der Waals surface area contributed by atoms with Crippen molar-refractivity contribution in [2.45, 2.75) is 53.0 Å². The number of pyridine rings is 1. The molecule has 0 fully saturated rings. The lowest BCUT2D eigenvalue weighted by atomic mass is 10.1. The smallest absolute Gasteiger partial charge is 0.269 e. The molecule has 1 heterocycles. The van der Waals surface area contributed by atoms with E-state index in [2.05, 4.69) is 36.1 Å². The summed E-state index contributed by atoms with van der Waals surface area (Å²) >= 11 is 0. The molecule has 0 aliphatic carbocycles. The van der Waals surface area contributed by atoms with E-state index in [0.29, 0.717) is 18.3 Å². The lowest BCUT2D eigenvalue weighted by Gasteiger charge is -2.29. The number of nitrogens with one attached hydrogen (secondary N) is 1. The van der Waals surface area contributed by atoms with Crippen molar-refractivity contribution in [2.24, 2.45) is 0 Å². The van der Waals surface area contributed by atoms with E-state index in [1.54, 1.807) is 6.07 Å². The van der Waals surface area contributed by atoms with Crippen molar-refractivity contribution in [2.75, 3.05) is 18.5 Å². The Bertz CT molecular complexity index is 445. The number of rotatable bonds is 7. The maximum absolute atomic E-state index is 11.9. The Balaban J connectivity index is 3.03. The van der Waals surface area contributed by atoms with Gasteiger partial charge in [-0.3, -0.25) is 4.79 Å². The van der Waals surface area contributed by atoms with Gasteiger partial charge >= 0.3 is 0 Å². The third-order valence-electron chi connectivity index (χ3n) is 3.62. The Morgan fingerprint density at radius 2 is 2.05 bits per heavy atom. The molecule has 1 aromatic rings. The second-order valence-corrected chi connectivity index (χ2v) is 5.16. The number of hydrogen-bond acceptors (Lipinski definition) is 3. The van der Waals surface area contributed by atoms with Gasteiger partial charge in [0.05, 0.1) is 0 Å². The molecule has 1 N–H and O–H groups in total.